The molecule has 34 heavy (non-hydrogen) atoms. The predicted molar refractivity (Wildman–Crippen MR) is 135 cm³/mol. The van der Waals surface area contributed by atoms with Crippen molar-refractivity contribution in [1.29, 1.82) is 0 Å². The van der Waals surface area contributed by atoms with Gasteiger partial charge in [0.05, 0.1) is 41.4 Å². The van der Waals surface area contributed by atoms with Crippen LogP contribution >= 0.6 is 11.3 Å². The Morgan fingerprint density at radius 2 is 2.00 bits per heavy atom. The Hall–Kier alpha value is -3.72. The Balaban J connectivity index is 1.63. The van der Waals surface area contributed by atoms with E-state index in [-0.39, 0.29) is 24.4 Å². The van der Waals surface area contributed by atoms with Gasteiger partial charge in [-0.2, -0.15) is 5.10 Å². The molecule has 0 radical (unpaired) electrons. The number of pyridine rings is 1. The second kappa shape index (κ2) is 9.64. The summed E-state index contributed by atoms with van der Waals surface area (Å²) in [5.74, 6) is 0.0623. The first-order chi connectivity index (χ1) is 16.3. The van der Waals surface area contributed by atoms with Gasteiger partial charge in [0.25, 0.3) is 5.91 Å². The highest BCUT2D eigenvalue weighted by Gasteiger charge is 2.22. The number of aromatic nitrogens is 3. The van der Waals surface area contributed by atoms with Gasteiger partial charge in [0.2, 0.25) is 5.91 Å². The number of anilines is 1. The molecule has 3 heterocycles. The molecule has 0 saturated heterocycles. The van der Waals surface area contributed by atoms with Crippen molar-refractivity contribution in [2.24, 2.45) is 0 Å². The van der Waals surface area contributed by atoms with Gasteiger partial charge in [0, 0.05) is 29.7 Å². The first-order valence-electron chi connectivity index (χ1n) is 10.9. The van der Waals surface area contributed by atoms with Crippen LogP contribution in [0, 0.1) is 6.92 Å². The van der Waals surface area contributed by atoms with Crippen LogP contribution in [-0.2, 0) is 4.79 Å². The largest absolute Gasteiger partial charge is 0.497 e. The summed E-state index contributed by atoms with van der Waals surface area (Å²) in [6, 6.07) is 13.0. The van der Waals surface area contributed by atoms with Gasteiger partial charge < -0.3 is 15.0 Å². The maximum Gasteiger partial charge on any atom is 0.254 e. The molecule has 0 atom stereocenters. The van der Waals surface area contributed by atoms with Crippen LogP contribution in [0.25, 0.3) is 21.6 Å². The fraction of sp³-hybridized carbons (Fsp3) is 0.280. The van der Waals surface area contributed by atoms with Gasteiger partial charge in [-0.3, -0.25) is 9.59 Å². The SMILES string of the molecule is COc1cccc(NC(=O)CN(C)C(=O)c2cc(-c3ccc(C)s3)nc3c2cnn3C(C)C)c1. The van der Waals surface area contributed by atoms with E-state index in [0.29, 0.717) is 33.7 Å². The number of nitrogens with zero attached hydrogens (tertiary/aromatic N) is 4. The number of amides is 2. The topological polar surface area (TPSA) is 89.3 Å². The lowest BCUT2D eigenvalue weighted by atomic mass is 10.1. The molecule has 8 nitrogen and oxygen atoms in total. The van der Waals surface area contributed by atoms with Gasteiger partial charge >= 0.3 is 0 Å². The lowest BCUT2D eigenvalue weighted by Gasteiger charge is -2.18. The number of rotatable bonds is 7. The molecule has 4 aromatic rings. The Morgan fingerprint density at radius 3 is 2.68 bits per heavy atom. The molecule has 0 unspecified atom stereocenters. The van der Waals surface area contributed by atoms with Crippen LogP contribution in [0.5, 0.6) is 5.75 Å². The van der Waals surface area contributed by atoms with Crippen LogP contribution in [-0.4, -0.2) is 52.2 Å². The fourth-order valence-corrected chi connectivity index (χ4v) is 4.49. The standard InChI is InChI=1S/C25H27N5O3S/c1-15(2)30-24-20(13-26-30)19(12-21(28-24)22-10-9-16(3)34-22)25(32)29(4)14-23(31)27-17-7-6-8-18(11-17)33-5/h6-13,15H,14H2,1-5H3,(H,27,31). The Bertz CT molecular complexity index is 1360. The summed E-state index contributed by atoms with van der Waals surface area (Å²) in [5.41, 5.74) is 2.43. The molecule has 2 amide bonds. The number of methoxy groups -OCH3 is 1. The zero-order valence-electron chi connectivity index (χ0n) is 19.8. The van der Waals surface area contributed by atoms with E-state index in [1.807, 2.05) is 37.6 Å². The third-order valence-electron chi connectivity index (χ3n) is 5.36. The van der Waals surface area contributed by atoms with Crippen LogP contribution in [0.15, 0.2) is 48.7 Å². The fourth-order valence-electron chi connectivity index (χ4n) is 3.67. The number of ether oxygens (including phenoxy) is 1. The van der Waals surface area contributed by atoms with Crippen LogP contribution in [0.2, 0.25) is 0 Å². The number of thiophene rings is 1. The van der Waals surface area contributed by atoms with E-state index in [4.69, 9.17) is 9.72 Å². The maximum atomic E-state index is 13.5. The van der Waals surface area contributed by atoms with E-state index < -0.39 is 0 Å². The number of hydrogen-bond acceptors (Lipinski definition) is 6. The molecule has 0 saturated carbocycles. The third-order valence-corrected chi connectivity index (χ3v) is 6.38. The lowest BCUT2D eigenvalue weighted by Crippen LogP contribution is -2.35. The molecule has 0 spiro atoms. The summed E-state index contributed by atoms with van der Waals surface area (Å²) in [4.78, 5) is 34.5. The smallest absolute Gasteiger partial charge is 0.254 e. The minimum Gasteiger partial charge on any atom is -0.497 e. The number of carbonyl (C=O) groups excluding carboxylic acids is 2. The highest BCUT2D eigenvalue weighted by molar-refractivity contribution is 7.15. The number of nitrogens with one attached hydrogen (secondary N) is 1. The number of aryl methyl sites for hydroxylation is 1. The van der Waals surface area contributed by atoms with E-state index in [9.17, 15) is 9.59 Å². The van der Waals surface area contributed by atoms with E-state index in [0.717, 1.165) is 9.75 Å². The molecule has 3 aromatic heterocycles. The molecule has 4 rings (SSSR count). The summed E-state index contributed by atoms with van der Waals surface area (Å²) in [6.45, 7) is 5.97. The number of hydrogen-bond donors (Lipinski definition) is 1. The molecule has 0 aliphatic carbocycles. The van der Waals surface area contributed by atoms with Gasteiger partial charge in [0.15, 0.2) is 5.65 Å². The summed E-state index contributed by atoms with van der Waals surface area (Å²) >= 11 is 1.62. The highest BCUT2D eigenvalue weighted by atomic mass is 32.1. The van der Waals surface area contributed by atoms with Crippen LogP contribution in [0.4, 0.5) is 5.69 Å². The molecule has 176 valence electrons. The highest BCUT2D eigenvalue weighted by Crippen LogP contribution is 2.31. The van der Waals surface area contributed by atoms with Crippen molar-refractivity contribution in [3.63, 3.8) is 0 Å². The summed E-state index contributed by atoms with van der Waals surface area (Å²) in [6.07, 6.45) is 1.67. The van der Waals surface area contributed by atoms with Crippen molar-refractivity contribution in [3.05, 3.63) is 59.1 Å². The second-order valence-corrected chi connectivity index (χ2v) is 9.61. The summed E-state index contributed by atoms with van der Waals surface area (Å²) < 4.78 is 7.00. The van der Waals surface area contributed by atoms with Crippen molar-refractivity contribution in [3.8, 4) is 16.3 Å². The Morgan fingerprint density at radius 1 is 1.21 bits per heavy atom. The van der Waals surface area contributed by atoms with Gasteiger partial charge in [-0.05, 0) is 51.1 Å². The molecule has 0 fully saturated rings. The van der Waals surface area contributed by atoms with Gasteiger partial charge in [-0.15, -0.1) is 11.3 Å². The minimum atomic E-state index is -0.304. The summed E-state index contributed by atoms with van der Waals surface area (Å²) in [7, 11) is 3.18. The number of likely N-dealkylation sites (N-methyl/N-ethyl adjacent to an activating group) is 1. The Labute approximate surface area is 202 Å². The van der Waals surface area contributed by atoms with E-state index in [1.165, 1.54) is 4.90 Å². The van der Waals surface area contributed by atoms with Crippen LogP contribution in [0.1, 0.15) is 35.1 Å². The first kappa shape index (κ1) is 23.4. The molecule has 1 N–H and O–H groups in total. The van der Waals surface area contributed by atoms with Crippen LogP contribution < -0.4 is 10.1 Å². The van der Waals surface area contributed by atoms with Crippen LogP contribution in [0.3, 0.4) is 0 Å². The van der Waals surface area contributed by atoms with Gasteiger partial charge in [-0.1, -0.05) is 6.07 Å². The average molecular weight is 478 g/mol. The van der Waals surface area contributed by atoms with E-state index in [1.54, 1.807) is 62.0 Å². The first-order valence-corrected chi connectivity index (χ1v) is 11.7. The molecule has 0 aliphatic rings. The van der Waals surface area contributed by atoms with E-state index in [2.05, 4.69) is 10.4 Å². The van der Waals surface area contributed by atoms with Crippen molar-refractivity contribution < 1.29 is 14.3 Å². The normalized spacial score (nSPS) is 11.1. The maximum absolute atomic E-state index is 13.5. The lowest BCUT2D eigenvalue weighted by molar-refractivity contribution is -0.116. The van der Waals surface area contributed by atoms with Crippen molar-refractivity contribution in [1.82, 2.24) is 19.7 Å². The molecule has 9 heteroatoms. The third kappa shape index (κ3) is 4.79. The summed E-state index contributed by atoms with van der Waals surface area (Å²) in [5, 5.41) is 7.94. The van der Waals surface area contributed by atoms with Crippen molar-refractivity contribution in [2.75, 3.05) is 26.0 Å². The molecular weight excluding hydrogens is 450 g/mol. The zero-order chi connectivity index (χ0) is 24.4. The van der Waals surface area contributed by atoms with Crippen molar-refractivity contribution in [2.45, 2.75) is 26.8 Å². The molecule has 1 aromatic carbocycles. The zero-order valence-corrected chi connectivity index (χ0v) is 20.6. The molecular formula is C25H27N5O3S. The average Bonchev–Trinajstić information content (AvgIpc) is 3.44. The van der Waals surface area contributed by atoms with Gasteiger partial charge in [-0.25, -0.2) is 9.67 Å². The number of benzene rings is 1. The van der Waals surface area contributed by atoms with Gasteiger partial charge in [0.1, 0.15) is 5.75 Å². The Kier molecular flexibility index (Phi) is 6.65. The minimum absolute atomic E-state index is 0.0830. The quantitative estimate of drug-likeness (QED) is 0.414. The predicted octanol–water partition coefficient (Wildman–Crippen LogP) is 4.77. The number of carbonyl (C=O) groups is 2. The molecule has 0 bridgehead atoms. The number of fused-ring (bicyclic) bond motifs is 1. The van der Waals surface area contributed by atoms with E-state index >= 15 is 0 Å². The second-order valence-electron chi connectivity index (χ2n) is 8.33. The van der Waals surface area contributed by atoms with Crippen molar-refractivity contribution >= 4 is 39.9 Å². The molecule has 0 aliphatic heterocycles. The monoisotopic (exact) mass is 477 g/mol.